The molecular weight excluding hydrogens is 368 g/mol. The van der Waals surface area contributed by atoms with Crippen molar-refractivity contribution in [3.05, 3.63) is 66.9 Å². The van der Waals surface area contributed by atoms with Crippen molar-refractivity contribution in [2.24, 2.45) is 0 Å². The third-order valence-corrected chi connectivity index (χ3v) is 5.02. The molecule has 144 valence electrons. The number of hydrogen-bond acceptors (Lipinski definition) is 6. The fourth-order valence-electron chi connectivity index (χ4n) is 3.18. The quantitative estimate of drug-likeness (QED) is 0.544. The summed E-state index contributed by atoms with van der Waals surface area (Å²) in [5, 5.41) is 4.75. The third kappa shape index (κ3) is 3.67. The number of carbonyl (C=O) groups excluding carboxylic acids is 1. The Morgan fingerprint density at radius 3 is 2.79 bits per heavy atom. The molecule has 1 aliphatic rings. The molecule has 1 N–H and O–H groups in total. The summed E-state index contributed by atoms with van der Waals surface area (Å²) in [5.74, 6) is 1.37. The number of benzene rings is 1. The fraction of sp³-hybridized carbons (Fsp3) is 0.182. The van der Waals surface area contributed by atoms with Gasteiger partial charge >= 0.3 is 0 Å². The minimum Gasteiger partial charge on any atom is -0.474 e. The van der Waals surface area contributed by atoms with Gasteiger partial charge in [-0.15, -0.1) is 0 Å². The van der Waals surface area contributed by atoms with Gasteiger partial charge in [-0.3, -0.25) is 4.79 Å². The predicted molar refractivity (Wildman–Crippen MR) is 108 cm³/mol. The molecule has 0 bridgehead atoms. The molecule has 0 unspecified atom stereocenters. The average molecular weight is 386 g/mol. The Morgan fingerprint density at radius 2 is 2.00 bits per heavy atom. The second-order valence-electron chi connectivity index (χ2n) is 7.00. The van der Waals surface area contributed by atoms with Crippen LogP contribution in [-0.2, 0) is 0 Å². The van der Waals surface area contributed by atoms with Crippen LogP contribution in [0.5, 0.6) is 5.88 Å². The van der Waals surface area contributed by atoms with Crippen LogP contribution >= 0.6 is 0 Å². The van der Waals surface area contributed by atoms with E-state index in [9.17, 15) is 4.79 Å². The molecular formula is C22H18N4O3. The summed E-state index contributed by atoms with van der Waals surface area (Å²) >= 11 is 0. The number of hydrogen-bond donors (Lipinski definition) is 1. The highest BCUT2D eigenvalue weighted by Crippen LogP contribution is 2.26. The van der Waals surface area contributed by atoms with Gasteiger partial charge in [0.1, 0.15) is 11.9 Å². The van der Waals surface area contributed by atoms with Crippen LogP contribution in [0.25, 0.3) is 22.1 Å². The van der Waals surface area contributed by atoms with Crippen molar-refractivity contribution >= 4 is 22.5 Å². The molecule has 7 heteroatoms. The molecule has 1 aromatic carbocycles. The van der Waals surface area contributed by atoms with E-state index >= 15 is 0 Å². The van der Waals surface area contributed by atoms with Gasteiger partial charge in [0.05, 0.1) is 6.20 Å². The molecule has 1 aliphatic carbocycles. The highest BCUT2D eigenvalue weighted by molar-refractivity contribution is 6.04. The maximum absolute atomic E-state index is 12.7. The number of ether oxygens (including phenoxy) is 1. The van der Waals surface area contributed by atoms with Crippen molar-refractivity contribution in [2.45, 2.75) is 25.4 Å². The molecule has 29 heavy (non-hydrogen) atoms. The van der Waals surface area contributed by atoms with Crippen molar-refractivity contribution in [3.8, 4) is 17.2 Å². The van der Waals surface area contributed by atoms with Gasteiger partial charge in [0.15, 0.2) is 12.2 Å². The lowest BCUT2D eigenvalue weighted by Gasteiger charge is -2.25. The summed E-state index contributed by atoms with van der Waals surface area (Å²) in [6.07, 6.45) is 9.84. The zero-order valence-electron chi connectivity index (χ0n) is 15.5. The number of nitrogens with zero attached hydrogens (tertiary/aromatic N) is 3. The molecule has 0 radical (unpaired) electrons. The van der Waals surface area contributed by atoms with Crippen LogP contribution in [0.4, 0.5) is 5.82 Å². The molecule has 0 atom stereocenters. The number of oxazole rings is 1. The molecule has 3 aromatic heterocycles. The molecule has 1 saturated carbocycles. The van der Waals surface area contributed by atoms with Gasteiger partial charge in [0, 0.05) is 35.0 Å². The van der Waals surface area contributed by atoms with Crippen molar-refractivity contribution in [1.29, 1.82) is 0 Å². The smallest absolute Gasteiger partial charge is 0.257 e. The number of fused-ring (bicyclic) bond motifs is 1. The lowest BCUT2D eigenvalue weighted by Crippen LogP contribution is -2.25. The topological polar surface area (TPSA) is 90.1 Å². The lowest BCUT2D eigenvalue weighted by molar-refractivity contribution is 0.101. The van der Waals surface area contributed by atoms with E-state index in [-0.39, 0.29) is 12.0 Å². The Morgan fingerprint density at radius 1 is 1.07 bits per heavy atom. The number of anilines is 1. The van der Waals surface area contributed by atoms with E-state index in [4.69, 9.17) is 9.15 Å². The third-order valence-electron chi connectivity index (χ3n) is 5.02. The molecule has 7 nitrogen and oxygen atoms in total. The monoisotopic (exact) mass is 386 g/mol. The van der Waals surface area contributed by atoms with Gasteiger partial charge in [-0.25, -0.2) is 15.0 Å². The SMILES string of the molecule is O=C(Nc1cc2cc(-c3cnco3)ccc2cn1)c1ccnc(OC2CCC2)c1. The number of amides is 1. The Labute approximate surface area is 166 Å². The Balaban J connectivity index is 1.36. The van der Waals surface area contributed by atoms with Crippen LogP contribution in [0.3, 0.4) is 0 Å². The van der Waals surface area contributed by atoms with Crippen molar-refractivity contribution in [2.75, 3.05) is 5.32 Å². The first kappa shape index (κ1) is 17.4. The van der Waals surface area contributed by atoms with E-state index in [0.29, 0.717) is 23.0 Å². The zero-order chi connectivity index (χ0) is 19.6. The average Bonchev–Trinajstić information content (AvgIpc) is 3.25. The summed E-state index contributed by atoms with van der Waals surface area (Å²) in [4.78, 5) is 25.2. The number of nitrogens with one attached hydrogen (secondary N) is 1. The maximum atomic E-state index is 12.7. The molecule has 1 amide bonds. The molecule has 0 spiro atoms. The van der Waals surface area contributed by atoms with Gasteiger partial charge in [-0.1, -0.05) is 12.1 Å². The van der Waals surface area contributed by atoms with Crippen LogP contribution in [0.1, 0.15) is 29.6 Å². The highest BCUT2D eigenvalue weighted by Gasteiger charge is 2.20. The van der Waals surface area contributed by atoms with Crippen molar-refractivity contribution in [1.82, 2.24) is 15.0 Å². The van der Waals surface area contributed by atoms with Crippen LogP contribution in [-0.4, -0.2) is 27.0 Å². The predicted octanol–water partition coefficient (Wildman–Crippen LogP) is 4.47. The van der Waals surface area contributed by atoms with Gasteiger partial charge in [-0.2, -0.15) is 0 Å². The first-order chi connectivity index (χ1) is 14.2. The van der Waals surface area contributed by atoms with Gasteiger partial charge in [-0.05, 0) is 42.8 Å². The van der Waals surface area contributed by atoms with Crippen LogP contribution < -0.4 is 10.1 Å². The zero-order valence-corrected chi connectivity index (χ0v) is 15.5. The largest absolute Gasteiger partial charge is 0.474 e. The Hall–Kier alpha value is -3.74. The second-order valence-corrected chi connectivity index (χ2v) is 7.00. The fourth-order valence-corrected chi connectivity index (χ4v) is 3.18. The molecule has 3 heterocycles. The number of pyridine rings is 2. The van der Waals surface area contributed by atoms with Gasteiger partial charge in [0.25, 0.3) is 5.91 Å². The lowest BCUT2D eigenvalue weighted by atomic mass is 9.96. The van der Waals surface area contributed by atoms with E-state index in [0.717, 1.165) is 29.2 Å². The first-order valence-corrected chi connectivity index (χ1v) is 9.47. The highest BCUT2D eigenvalue weighted by atomic mass is 16.5. The summed E-state index contributed by atoms with van der Waals surface area (Å²) in [6, 6.07) is 11.0. The molecule has 4 aromatic rings. The van der Waals surface area contributed by atoms with Crippen molar-refractivity contribution < 1.29 is 13.9 Å². The van der Waals surface area contributed by atoms with Gasteiger partial charge < -0.3 is 14.5 Å². The maximum Gasteiger partial charge on any atom is 0.257 e. The summed E-state index contributed by atoms with van der Waals surface area (Å²) < 4.78 is 11.1. The van der Waals surface area contributed by atoms with E-state index in [1.807, 2.05) is 24.3 Å². The van der Waals surface area contributed by atoms with E-state index in [2.05, 4.69) is 20.3 Å². The second kappa shape index (κ2) is 7.35. The first-order valence-electron chi connectivity index (χ1n) is 9.47. The van der Waals surface area contributed by atoms with E-state index < -0.39 is 0 Å². The van der Waals surface area contributed by atoms with E-state index in [1.54, 1.807) is 30.7 Å². The number of carbonyl (C=O) groups is 1. The molecule has 0 saturated heterocycles. The number of aromatic nitrogens is 3. The minimum absolute atomic E-state index is 0.210. The normalized spacial score (nSPS) is 13.8. The van der Waals surface area contributed by atoms with Crippen LogP contribution in [0, 0.1) is 0 Å². The summed E-state index contributed by atoms with van der Waals surface area (Å²) in [6.45, 7) is 0. The molecule has 0 aliphatic heterocycles. The summed E-state index contributed by atoms with van der Waals surface area (Å²) in [7, 11) is 0. The summed E-state index contributed by atoms with van der Waals surface area (Å²) in [5.41, 5.74) is 1.39. The Kier molecular flexibility index (Phi) is 4.40. The standard InChI is InChI=1S/C22H18N4O3/c27-22(15-6-7-24-21(10-15)29-18-2-1-3-18)26-20-9-17-8-14(19-12-23-13-28-19)4-5-16(17)11-25-20/h4-13,18H,1-3H2,(H,25,26,27). The van der Waals surface area contributed by atoms with Crippen molar-refractivity contribution in [3.63, 3.8) is 0 Å². The molecule has 5 rings (SSSR count). The number of rotatable bonds is 5. The van der Waals surface area contributed by atoms with Gasteiger partial charge in [0.2, 0.25) is 5.88 Å². The molecule has 1 fully saturated rings. The Bertz CT molecular complexity index is 1170. The van der Waals surface area contributed by atoms with Crippen LogP contribution in [0.2, 0.25) is 0 Å². The van der Waals surface area contributed by atoms with Crippen LogP contribution in [0.15, 0.2) is 65.8 Å². The van der Waals surface area contributed by atoms with E-state index in [1.165, 1.54) is 12.8 Å². The minimum atomic E-state index is -0.260.